The third-order valence-electron chi connectivity index (χ3n) is 3.50. The Bertz CT molecular complexity index is 465. The molecule has 0 unspecified atom stereocenters. The van der Waals surface area contributed by atoms with Gasteiger partial charge < -0.3 is 10.6 Å². The van der Waals surface area contributed by atoms with Crippen LogP contribution in [0.25, 0.3) is 0 Å². The summed E-state index contributed by atoms with van der Waals surface area (Å²) < 4.78 is 37.3. The quantitative estimate of drug-likeness (QED) is 0.927. The van der Waals surface area contributed by atoms with Gasteiger partial charge in [0.25, 0.3) is 0 Å². The lowest BCUT2D eigenvalue weighted by Crippen LogP contribution is -2.35. The van der Waals surface area contributed by atoms with E-state index in [0.29, 0.717) is 25.3 Å². The first-order valence-corrected chi connectivity index (χ1v) is 6.43. The Morgan fingerprint density at radius 3 is 2.45 bits per heavy atom. The summed E-state index contributed by atoms with van der Waals surface area (Å²) in [5.74, 6) is 0.491. The molecule has 1 amide bonds. The van der Waals surface area contributed by atoms with Crippen molar-refractivity contribution in [2.45, 2.75) is 25.4 Å². The van der Waals surface area contributed by atoms with Crippen LogP contribution < -0.4 is 10.6 Å². The van der Waals surface area contributed by atoms with E-state index >= 15 is 0 Å². The minimum atomic E-state index is -4.36. The fraction of sp³-hybridized carbons (Fsp3) is 0.538. The largest absolute Gasteiger partial charge is 0.417 e. The number of carbonyl (C=O) groups excluding carboxylic acids is 1. The van der Waals surface area contributed by atoms with Crippen molar-refractivity contribution in [2.75, 3.05) is 18.0 Å². The van der Waals surface area contributed by atoms with E-state index < -0.39 is 11.7 Å². The van der Waals surface area contributed by atoms with Crippen molar-refractivity contribution in [2.24, 2.45) is 11.7 Å². The van der Waals surface area contributed by atoms with E-state index in [1.807, 2.05) is 4.90 Å². The van der Waals surface area contributed by atoms with E-state index in [-0.39, 0.29) is 11.8 Å². The van der Waals surface area contributed by atoms with Crippen LogP contribution in [0.1, 0.15) is 24.8 Å². The number of rotatable bonds is 3. The number of hydrogen-bond acceptors (Lipinski definition) is 3. The maximum Gasteiger partial charge on any atom is 0.417 e. The summed E-state index contributed by atoms with van der Waals surface area (Å²) in [5.41, 5.74) is 4.41. The van der Waals surface area contributed by atoms with Gasteiger partial charge in [-0.15, -0.1) is 0 Å². The van der Waals surface area contributed by atoms with E-state index in [9.17, 15) is 18.0 Å². The molecule has 0 aliphatic carbocycles. The molecule has 0 atom stereocenters. The van der Waals surface area contributed by atoms with E-state index in [0.717, 1.165) is 25.1 Å². The Morgan fingerprint density at radius 2 is 2.00 bits per heavy atom. The zero-order valence-electron chi connectivity index (χ0n) is 10.9. The van der Waals surface area contributed by atoms with Gasteiger partial charge in [-0.2, -0.15) is 13.2 Å². The summed E-state index contributed by atoms with van der Waals surface area (Å²) in [6.45, 7) is 1.35. The van der Waals surface area contributed by atoms with Gasteiger partial charge in [-0.25, -0.2) is 4.98 Å². The number of nitrogens with zero attached hydrogens (tertiary/aromatic N) is 2. The molecule has 0 aromatic carbocycles. The number of alkyl halides is 3. The number of carbonyl (C=O) groups is 1. The van der Waals surface area contributed by atoms with Gasteiger partial charge in [0.1, 0.15) is 5.82 Å². The summed E-state index contributed by atoms with van der Waals surface area (Å²) in [6, 6.07) is 2.43. The molecule has 0 bridgehead atoms. The van der Waals surface area contributed by atoms with E-state index in [2.05, 4.69) is 4.98 Å². The molecule has 0 spiro atoms. The van der Waals surface area contributed by atoms with Crippen LogP contribution in [0, 0.1) is 5.92 Å². The van der Waals surface area contributed by atoms with Gasteiger partial charge in [0.15, 0.2) is 0 Å². The number of piperidine rings is 1. The van der Waals surface area contributed by atoms with E-state index in [1.54, 1.807) is 0 Å². The number of amides is 1. The Hall–Kier alpha value is -1.79. The normalized spacial score (nSPS) is 17.2. The average molecular weight is 287 g/mol. The molecule has 110 valence electrons. The monoisotopic (exact) mass is 287 g/mol. The van der Waals surface area contributed by atoms with Crippen LogP contribution in [0.5, 0.6) is 0 Å². The highest BCUT2D eigenvalue weighted by Gasteiger charge is 2.31. The van der Waals surface area contributed by atoms with Gasteiger partial charge in [0.05, 0.1) is 5.56 Å². The summed E-state index contributed by atoms with van der Waals surface area (Å²) in [7, 11) is 0. The fourth-order valence-corrected chi connectivity index (χ4v) is 2.39. The molecule has 7 heteroatoms. The standard InChI is InChI=1S/C13H16F3N3O/c14-13(15,16)10-1-2-12(18-8-10)19-5-3-9(4-6-19)7-11(17)20/h1-2,8-9H,3-7H2,(H2,17,20). The minimum absolute atomic E-state index is 0.262. The Morgan fingerprint density at radius 1 is 1.35 bits per heavy atom. The first-order valence-electron chi connectivity index (χ1n) is 6.43. The van der Waals surface area contributed by atoms with Gasteiger partial charge in [0, 0.05) is 25.7 Å². The topological polar surface area (TPSA) is 59.2 Å². The van der Waals surface area contributed by atoms with Crippen LogP contribution in [0.15, 0.2) is 18.3 Å². The lowest BCUT2D eigenvalue weighted by Gasteiger charge is -2.32. The Kier molecular flexibility index (Phi) is 4.15. The Labute approximate surface area is 114 Å². The molecular formula is C13H16F3N3O. The predicted molar refractivity (Wildman–Crippen MR) is 68.0 cm³/mol. The molecule has 1 aromatic heterocycles. The first kappa shape index (κ1) is 14.6. The lowest BCUT2D eigenvalue weighted by molar-refractivity contribution is -0.137. The smallest absolute Gasteiger partial charge is 0.370 e. The van der Waals surface area contributed by atoms with Crippen LogP contribution in [0.3, 0.4) is 0 Å². The molecule has 20 heavy (non-hydrogen) atoms. The fourth-order valence-electron chi connectivity index (χ4n) is 2.39. The second-order valence-corrected chi connectivity index (χ2v) is 5.00. The maximum atomic E-state index is 12.4. The van der Waals surface area contributed by atoms with Gasteiger partial charge in [-0.3, -0.25) is 4.79 Å². The number of aromatic nitrogens is 1. The number of halogens is 3. The Balaban J connectivity index is 1.95. The number of anilines is 1. The molecule has 4 nitrogen and oxygen atoms in total. The second-order valence-electron chi connectivity index (χ2n) is 5.00. The number of pyridine rings is 1. The van der Waals surface area contributed by atoms with Gasteiger partial charge in [-0.1, -0.05) is 0 Å². The van der Waals surface area contributed by atoms with Gasteiger partial charge >= 0.3 is 6.18 Å². The maximum absolute atomic E-state index is 12.4. The molecule has 1 aliphatic rings. The molecule has 2 rings (SSSR count). The molecule has 1 aliphatic heterocycles. The van der Waals surface area contributed by atoms with E-state index in [1.165, 1.54) is 6.07 Å². The van der Waals surface area contributed by atoms with Crippen molar-refractivity contribution in [3.63, 3.8) is 0 Å². The predicted octanol–water partition coefficient (Wildman–Crippen LogP) is 2.19. The zero-order chi connectivity index (χ0) is 14.8. The van der Waals surface area contributed by atoms with Crippen molar-refractivity contribution >= 4 is 11.7 Å². The number of primary amides is 1. The molecule has 1 aromatic rings. The molecule has 0 radical (unpaired) electrons. The van der Waals surface area contributed by atoms with Crippen LogP contribution in [-0.4, -0.2) is 24.0 Å². The van der Waals surface area contributed by atoms with Crippen molar-refractivity contribution < 1.29 is 18.0 Å². The number of nitrogens with two attached hydrogens (primary N) is 1. The van der Waals surface area contributed by atoms with Crippen molar-refractivity contribution in [1.29, 1.82) is 0 Å². The SMILES string of the molecule is NC(=O)CC1CCN(c2ccc(C(F)(F)F)cn2)CC1. The van der Waals surface area contributed by atoms with Gasteiger partial charge in [-0.05, 0) is 30.9 Å². The van der Waals surface area contributed by atoms with Crippen LogP contribution in [-0.2, 0) is 11.0 Å². The number of hydrogen-bond donors (Lipinski definition) is 1. The highest BCUT2D eigenvalue weighted by Crippen LogP contribution is 2.30. The molecule has 2 N–H and O–H groups in total. The highest BCUT2D eigenvalue weighted by atomic mass is 19.4. The first-order chi connectivity index (χ1) is 9.36. The summed E-state index contributed by atoms with van der Waals surface area (Å²) >= 11 is 0. The average Bonchev–Trinajstić information content (AvgIpc) is 2.38. The van der Waals surface area contributed by atoms with Crippen LogP contribution >= 0.6 is 0 Å². The van der Waals surface area contributed by atoms with Gasteiger partial charge in [0.2, 0.25) is 5.91 Å². The minimum Gasteiger partial charge on any atom is -0.370 e. The van der Waals surface area contributed by atoms with Crippen LogP contribution in [0.2, 0.25) is 0 Å². The molecule has 1 fully saturated rings. The van der Waals surface area contributed by atoms with Crippen LogP contribution in [0.4, 0.5) is 19.0 Å². The van der Waals surface area contributed by atoms with Crippen molar-refractivity contribution in [1.82, 2.24) is 4.98 Å². The van der Waals surface area contributed by atoms with Crippen molar-refractivity contribution in [3.8, 4) is 0 Å². The lowest BCUT2D eigenvalue weighted by atomic mass is 9.93. The molecule has 1 saturated heterocycles. The van der Waals surface area contributed by atoms with Crippen molar-refractivity contribution in [3.05, 3.63) is 23.9 Å². The summed E-state index contributed by atoms with van der Waals surface area (Å²) in [6.07, 6.45) is -1.55. The van der Waals surface area contributed by atoms with E-state index in [4.69, 9.17) is 5.73 Å². The molecular weight excluding hydrogens is 271 g/mol. The molecule has 2 heterocycles. The molecule has 0 saturated carbocycles. The third kappa shape index (κ3) is 3.61. The summed E-state index contributed by atoms with van der Waals surface area (Å²) in [4.78, 5) is 16.6. The highest BCUT2D eigenvalue weighted by molar-refractivity contribution is 5.74. The summed E-state index contributed by atoms with van der Waals surface area (Å²) in [5, 5.41) is 0. The third-order valence-corrected chi connectivity index (χ3v) is 3.50. The second kappa shape index (κ2) is 5.68. The zero-order valence-corrected chi connectivity index (χ0v) is 10.9.